The van der Waals surface area contributed by atoms with Gasteiger partial charge in [-0.1, -0.05) is 47.1 Å². The average molecular weight is 470 g/mol. The first-order chi connectivity index (χ1) is 16.7. The maximum Gasteiger partial charge on any atom is 0.253 e. The monoisotopic (exact) mass is 469 g/mol. The van der Waals surface area contributed by atoms with Crippen LogP contribution in [0.25, 0.3) is 27.6 Å². The molecule has 34 heavy (non-hydrogen) atoms. The van der Waals surface area contributed by atoms with Gasteiger partial charge in [0.25, 0.3) is 5.91 Å². The van der Waals surface area contributed by atoms with Crippen molar-refractivity contribution in [3.8, 4) is 5.69 Å². The minimum Gasteiger partial charge on any atom is -0.351 e. The summed E-state index contributed by atoms with van der Waals surface area (Å²) >= 11 is 6.01. The number of carbonyl (C=O) groups excluding carboxylic acids is 1. The van der Waals surface area contributed by atoms with E-state index < -0.39 is 0 Å². The van der Waals surface area contributed by atoms with Gasteiger partial charge in [-0.3, -0.25) is 4.79 Å². The molecule has 0 atom stereocenters. The molecule has 0 spiro atoms. The van der Waals surface area contributed by atoms with Crippen LogP contribution in [-0.4, -0.2) is 61.9 Å². The van der Waals surface area contributed by atoms with Gasteiger partial charge in [0.1, 0.15) is 6.33 Å². The van der Waals surface area contributed by atoms with Gasteiger partial charge in [-0.25, -0.2) is 9.97 Å². The highest BCUT2D eigenvalue weighted by atomic mass is 35.5. The first-order valence-corrected chi connectivity index (χ1v) is 11.4. The zero-order valence-corrected chi connectivity index (χ0v) is 18.9. The summed E-state index contributed by atoms with van der Waals surface area (Å²) in [6, 6.07) is 21.3. The number of halogens is 1. The third-order valence-corrected chi connectivity index (χ3v) is 6.40. The van der Waals surface area contributed by atoms with Gasteiger partial charge in [0.15, 0.2) is 17.0 Å². The minimum absolute atomic E-state index is 0.0481. The Morgan fingerprint density at radius 2 is 1.62 bits per heavy atom. The molecule has 5 aromatic rings. The standard InChI is InChI=1S/C25H20ClN7O/c26-20-7-9-21(10-8-20)33-24-22(29-30-33)23(27-16-28-24)31-11-13-32(14-12-31)25(34)19-6-5-17-3-1-2-4-18(17)15-19/h1-10,15-16H,11-14H2. The lowest BCUT2D eigenvalue weighted by Crippen LogP contribution is -2.49. The van der Waals surface area contributed by atoms with Crippen molar-refractivity contribution in [2.24, 2.45) is 0 Å². The number of carbonyl (C=O) groups is 1. The first-order valence-electron chi connectivity index (χ1n) is 11.0. The zero-order chi connectivity index (χ0) is 23.1. The lowest BCUT2D eigenvalue weighted by Gasteiger charge is -2.35. The Morgan fingerprint density at radius 1 is 0.853 bits per heavy atom. The van der Waals surface area contributed by atoms with E-state index in [2.05, 4.69) is 25.2 Å². The second-order valence-corrected chi connectivity index (χ2v) is 8.62. The molecule has 9 heteroatoms. The summed E-state index contributed by atoms with van der Waals surface area (Å²) in [7, 11) is 0. The number of aromatic nitrogens is 5. The van der Waals surface area contributed by atoms with Crippen molar-refractivity contribution in [2.75, 3.05) is 31.1 Å². The van der Waals surface area contributed by atoms with Crippen molar-refractivity contribution in [2.45, 2.75) is 0 Å². The number of anilines is 1. The average Bonchev–Trinajstić information content (AvgIpc) is 3.33. The molecule has 1 aliphatic rings. The maximum absolute atomic E-state index is 13.1. The van der Waals surface area contributed by atoms with Crippen LogP contribution in [0.5, 0.6) is 0 Å². The van der Waals surface area contributed by atoms with Crippen LogP contribution in [0.2, 0.25) is 5.02 Å². The summed E-state index contributed by atoms with van der Waals surface area (Å²) in [4.78, 5) is 26.1. The van der Waals surface area contributed by atoms with Crippen LogP contribution in [0.3, 0.4) is 0 Å². The molecule has 0 unspecified atom stereocenters. The molecule has 3 aromatic carbocycles. The Bertz CT molecular complexity index is 1510. The Balaban J connectivity index is 1.21. The summed E-state index contributed by atoms with van der Waals surface area (Å²) in [5, 5.41) is 11.5. The molecule has 2 aromatic heterocycles. The SMILES string of the molecule is O=C(c1ccc2ccccc2c1)N1CCN(c2ncnc3c2nnn3-c2ccc(Cl)cc2)CC1. The third-order valence-electron chi connectivity index (χ3n) is 6.15. The highest BCUT2D eigenvalue weighted by molar-refractivity contribution is 6.30. The fourth-order valence-corrected chi connectivity index (χ4v) is 4.48. The maximum atomic E-state index is 13.1. The van der Waals surface area contributed by atoms with Crippen LogP contribution >= 0.6 is 11.6 Å². The summed E-state index contributed by atoms with van der Waals surface area (Å²) in [5.41, 5.74) is 2.79. The van der Waals surface area contributed by atoms with Crippen LogP contribution in [0.15, 0.2) is 73.1 Å². The number of hydrogen-bond donors (Lipinski definition) is 0. The van der Waals surface area contributed by atoms with Gasteiger partial charge < -0.3 is 9.80 Å². The van der Waals surface area contributed by atoms with Crippen molar-refractivity contribution in [1.82, 2.24) is 29.9 Å². The zero-order valence-electron chi connectivity index (χ0n) is 18.2. The Morgan fingerprint density at radius 3 is 2.41 bits per heavy atom. The molecular weight excluding hydrogens is 450 g/mol. The van der Waals surface area contributed by atoms with Gasteiger partial charge in [-0.15, -0.1) is 5.10 Å². The second kappa shape index (κ2) is 8.39. The van der Waals surface area contributed by atoms with Crippen LogP contribution in [0.1, 0.15) is 10.4 Å². The molecule has 0 radical (unpaired) electrons. The number of hydrogen-bond acceptors (Lipinski definition) is 6. The third kappa shape index (κ3) is 3.62. The van der Waals surface area contributed by atoms with Crippen LogP contribution in [-0.2, 0) is 0 Å². The summed E-state index contributed by atoms with van der Waals surface area (Å²) in [5.74, 6) is 0.773. The van der Waals surface area contributed by atoms with E-state index in [1.807, 2.05) is 59.5 Å². The van der Waals surface area contributed by atoms with Gasteiger partial charge in [0.2, 0.25) is 0 Å². The molecule has 1 amide bonds. The number of piperazine rings is 1. The van der Waals surface area contributed by atoms with E-state index in [9.17, 15) is 4.79 Å². The Hall–Kier alpha value is -4.04. The molecular formula is C25H20ClN7O. The van der Waals surface area contributed by atoms with Crippen LogP contribution in [0, 0.1) is 0 Å². The van der Waals surface area contributed by atoms with Crippen LogP contribution < -0.4 is 4.90 Å². The Kier molecular flexibility index (Phi) is 5.07. The van der Waals surface area contributed by atoms with E-state index in [0.717, 1.165) is 22.3 Å². The molecule has 0 bridgehead atoms. The largest absolute Gasteiger partial charge is 0.351 e. The van der Waals surface area contributed by atoms with Crippen molar-refractivity contribution in [1.29, 1.82) is 0 Å². The molecule has 168 valence electrons. The Labute approximate surface area is 200 Å². The fraction of sp³-hybridized carbons (Fsp3) is 0.160. The van der Waals surface area contributed by atoms with Crippen molar-refractivity contribution in [3.05, 3.63) is 83.6 Å². The number of amides is 1. The second-order valence-electron chi connectivity index (χ2n) is 8.19. The summed E-state index contributed by atoms with van der Waals surface area (Å²) in [6.07, 6.45) is 1.53. The highest BCUT2D eigenvalue weighted by Gasteiger charge is 2.25. The molecule has 0 aliphatic carbocycles. The van der Waals surface area contributed by atoms with Crippen molar-refractivity contribution >= 4 is 45.3 Å². The lowest BCUT2D eigenvalue weighted by atomic mass is 10.1. The number of fused-ring (bicyclic) bond motifs is 2. The van der Waals surface area contributed by atoms with Gasteiger partial charge in [-0.05, 0) is 47.2 Å². The summed E-state index contributed by atoms with van der Waals surface area (Å²) < 4.78 is 1.68. The number of rotatable bonds is 3. The number of benzene rings is 3. The normalized spacial score (nSPS) is 14.1. The van der Waals surface area contributed by atoms with E-state index in [1.165, 1.54) is 6.33 Å². The van der Waals surface area contributed by atoms with Crippen molar-refractivity contribution < 1.29 is 4.79 Å². The topological polar surface area (TPSA) is 80.0 Å². The van der Waals surface area contributed by atoms with Gasteiger partial charge in [0.05, 0.1) is 5.69 Å². The summed E-state index contributed by atoms with van der Waals surface area (Å²) in [6.45, 7) is 2.50. The van der Waals surface area contributed by atoms with Gasteiger partial charge in [0, 0.05) is 36.8 Å². The molecule has 1 saturated heterocycles. The molecule has 3 heterocycles. The molecule has 1 aliphatic heterocycles. The first kappa shape index (κ1) is 20.6. The predicted octanol–water partition coefficient (Wildman–Crippen LogP) is 3.98. The minimum atomic E-state index is 0.0481. The molecule has 0 saturated carbocycles. The molecule has 0 N–H and O–H groups in total. The van der Waals surface area contributed by atoms with E-state index >= 15 is 0 Å². The smallest absolute Gasteiger partial charge is 0.253 e. The molecule has 1 fully saturated rings. The fourth-order valence-electron chi connectivity index (χ4n) is 4.35. The van der Waals surface area contributed by atoms with Crippen LogP contribution in [0.4, 0.5) is 5.82 Å². The lowest BCUT2D eigenvalue weighted by molar-refractivity contribution is 0.0747. The van der Waals surface area contributed by atoms with E-state index in [-0.39, 0.29) is 5.91 Å². The quantitative estimate of drug-likeness (QED) is 0.397. The highest BCUT2D eigenvalue weighted by Crippen LogP contribution is 2.25. The van der Waals surface area contributed by atoms with Gasteiger partial charge >= 0.3 is 0 Å². The number of nitrogens with zero attached hydrogens (tertiary/aromatic N) is 7. The molecule has 6 rings (SSSR count). The van der Waals surface area contributed by atoms with Gasteiger partial charge in [-0.2, -0.15) is 4.68 Å². The molecule has 8 nitrogen and oxygen atoms in total. The van der Waals surface area contributed by atoms with E-state index in [4.69, 9.17) is 11.6 Å². The van der Waals surface area contributed by atoms with E-state index in [1.54, 1.807) is 16.8 Å². The van der Waals surface area contributed by atoms with E-state index in [0.29, 0.717) is 47.9 Å². The predicted molar refractivity (Wildman–Crippen MR) is 132 cm³/mol. The van der Waals surface area contributed by atoms with Crippen molar-refractivity contribution in [3.63, 3.8) is 0 Å².